The number of hydrogen-bond donors (Lipinski definition) is 1. The molecule has 0 bridgehead atoms. The maximum atomic E-state index is 12.7. The second-order valence-corrected chi connectivity index (χ2v) is 7.58. The highest BCUT2D eigenvalue weighted by atomic mass is 16.5. The zero-order chi connectivity index (χ0) is 21.7. The second kappa shape index (κ2) is 9.60. The quantitative estimate of drug-likeness (QED) is 0.530. The van der Waals surface area contributed by atoms with Crippen LogP contribution < -0.4 is 10.1 Å². The first-order valence-corrected chi connectivity index (χ1v) is 10.0. The standard InChI is InChI=1S/C21H27N3O6/c1-29-16-5-3-15(4-6-16)13-24-20(27)17(22-21(24)28)12-18(25)23-9-7-14(8-10-23)11-19(26)30-2/h3-6,14,17H,7-13H2,1-2H3,(H,22,28). The van der Waals surface area contributed by atoms with Gasteiger partial charge in [0, 0.05) is 19.5 Å². The summed E-state index contributed by atoms with van der Waals surface area (Å²) in [6.45, 7) is 1.20. The number of esters is 1. The zero-order valence-electron chi connectivity index (χ0n) is 17.3. The Balaban J connectivity index is 1.51. The largest absolute Gasteiger partial charge is 0.497 e. The maximum Gasteiger partial charge on any atom is 0.325 e. The van der Waals surface area contributed by atoms with E-state index in [0.29, 0.717) is 25.3 Å². The lowest BCUT2D eigenvalue weighted by molar-refractivity contribution is -0.142. The molecule has 1 aromatic rings. The Morgan fingerprint density at radius 1 is 1.07 bits per heavy atom. The Hall–Kier alpha value is -3.10. The van der Waals surface area contributed by atoms with Crippen LogP contribution in [-0.2, 0) is 25.7 Å². The number of ether oxygens (including phenoxy) is 2. The SMILES string of the molecule is COC(=O)CC1CCN(C(=O)CC2NC(=O)N(Cc3ccc(OC)cc3)C2=O)CC1. The van der Waals surface area contributed by atoms with Gasteiger partial charge in [-0.15, -0.1) is 0 Å². The van der Waals surface area contributed by atoms with E-state index in [9.17, 15) is 19.2 Å². The highest BCUT2D eigenvalue weighted by molar-refractivity contribution is 6.05. The lowest BCUT2D eigenvalue weighted by Gasteiger charge is -2.32. The monoisotopic (exact) mass is 417 g/mol. The van der Waals surface area contributed by atoms with E-state index in [1.54, 1.807) is 36.3 Å². The van der Waals surface area contributed by atoms with Gasteiger partial charge < -0.3 is 19.7 Å². The summed E-state index contributed by atoms with van der Waals surface area (Å²) in [4.78, 5) is 51.8. The van der Waals surface area contributed by atoms with Crippen LogP contribution in [0.15, 0.2) is 24.3 Å². The number of likely N-dealkylation sites (tertiary alicyclic amines) is 1. The lowest BCUT2D eigenvalue weighted by atomic mass is 9.93. The van der Waals surface area contributed by atoms with Crippen molar-refractivity contribution in [3.8, 4) is 5.75 Å². The molecule has 2 aliphatic rings. The van der Waals surface area contributed by atoms with E-state index in [1.165, 1.54) is 7.11 Å². The van der Waals surface area contributed by atoms with Crippen molar-refractivity contribution in [1.29, 1.82) is 0 Å². The number of benzene rings is 1. The minimum absolute atomic E-state index is 0.0641. The van der Waals surface area contributed by atoms with E-state index >= 15 is 0 Å². The van der Waals surface area contributed by atoms with Crippen LogP contribution in [0, 0.1) is 5.92 Å². The Labute approximate surface area is 175 Å². The van der Waals surface area contributed by atoms with E-state index in [2.05, 4.69) is 5.32 Å². The van der Waals surface area contributed by atoms with Crippen LogP contribution in [-0.4, -0.2) is 67.0 Å². The van der Waals surface area contributed by atoms with E-state index in [0.717, 1.165) is 23.3 Å². The molecule has 9 heteroatoms. The molecule has 1 atom stereocenters. The summed E-state index contributed by atoms with van der Waals surface area (Å²) in [6, 6.07) is 5.76. The minimum Gasteiger partial charge on any atom is -0.497 e. The van der Waals surface area contributed by atoms with Gasteiger partial charge in [-0.05, 0) is 36.5 Å². The predicted molar refractivity (Wildman–Crippen MR) is 106 cm³/mol. The van der Waals surface area contributed by atoms with Crippen LogP contribution >= 0.6 is 0 Å². The molecule has 1 aromatic carbocycles. The smallest absolute Gasteiger partial charge is 0.325 e. The molecule has 2 fully saturated rings. The van der Waals surface area contributed by atoms with Crippen molar-refractivity contribution in [3.05, 3.63) is 29.8 Å². The summed E-state index contributed by atoms with van der Waals surface area (Å²) in [7, 11) is 2.93. The van der Waals surface area contributed by atoms with Gasteiger partial charge in [0.25, 0.3) is 5.91 Å². The molecule has 2 saturated heterocycles. The molecular formula is C21H27N3O6. The molecule has 2 aliphatic heterocycles. The van der Waals surface area contributed by atoms with Crippen molar-refractivity contribution in [2.24, 2.45) is 5.92 Å². The van der Waals surface area contributed by atoms with E-state index in [4.69, 9.17) is 9.47 Å². The number of rotatable bonds is 7. The van der Waals surface area contributed by atoms with Gasteiger partial charge in [-0.1, -0.05) is 12.1 Å². The Kier molecular flexibility index (Phi) is 6.91. The number of urea groups is 1. The van der Waals surface area contributed by atoms with E-state index in [1.807, 2.05) is 0 Å². The first-order chi connectivity index (χ1) is 14.4. The number of carbonyl (C=O) groups is 4. The zero-order valence-corrected chi connectivity index (χ0v) is 17.3. The molecule has 0 radical (unpaired) electrons. The molecule has 4 amide bonds. The maximum absolute atomic E-state index is 12.7. The fraction of sp³-hybridized carbons (Fsp3) is 0.524. The Bertz CT molecular complexity index is 801. The van der Waals surface area contributed by atoms with Gasteiger partial charge in [-0.25, -0.2) is 4.79 Å². The molecule has 1 unspecified atom stereocenters. The van der Waals surface area contributed by atoms with E-state index in [-0.39, 0.29) is 30.8 Å². The van der Waals surface area contributed by atoms with Crippen molar-refractivity contribution < 1.29 is 28.7 Å². The first-order valence-electron chi connectivity index (χ1n) is 10.0. The molecule has 30 heavy (non-hydrogen) atoms. The fourth-order valence-corrected chi connectivity index (χ4v) is 3.79. The summed E-state index contributed by atoms with van der Waals surface area (Å²) >= 11 is 0. The number of piperidine rings is 1. The Morgan fingerprint density at radius 3 is 2.33 bits per heavy atom. The minimum atomic E-state index is -0.851. The molecule has 2 heterocycles. The summed E-state index contributed by atoms with van der Waals surface area (Å²) in [5, 5.41) is 2.61. The molecular weight excluding hydrogens is 390 g/mol. The molecule has 0 aliphatic carbocycles. The van der Waals surface area contributed by atoms with Gasteiger partial charge in [-0.3, -0.25) is 19.3 Å². The van der Waals surface area contributed by atoms with Crippen molar-refractivity contribution in [3.63, 3.8) is 0 Å². The van der Waals surface area contributed by atoms with Crippen LogP contribution in [0.25, 0.3) is 0 Å². The normalized spacial score (nSPS) is 19.6. The molecule has 3 rings (SSSR count). The number of hydrogen-bond acceptors (Lipinski definition) is 6. The molecule has 0 spiro atoms. The molecule has 0 aromatic heterocycles. The fourth-order valence-electron chi connectivity index (χ4n) is 3.79. The number of carbonyl (C=O) groups excluding carboxylic acids is 4. The number of amides is 4. The van der Waals surface area contributed by atoms with Crippen LogP contribution in [0.1, 0.15) is 31.2 Å². The van der Waals surface area contributed by atoms with E-state index < -0.39 is 18.0 Å². The van der Waals surface area contributed by atoms with Crippen LogP contribution in [0.4, 0.5) is 4.79 Å². The number of methoxy groups -OCH3 is 2. The Morgan fingerprint density at radius 2 is 1.73 bits per heavy atom. The van der Waals surface area contributed by atoms with Gasteiger partial charge in [0.05, 0.1) is 27.2 Å². The third-order valence-electron chi connectivity index (χ3n) is 5.64. The molecule has 162 valence electrons. The van der Waals surface area contributed by atoms with Crippen LogP contribution in [0.2, 0.25) is 0 Å². The number of imide groups is 1. The lowest BCUT2D eigenvalue weighted by Crippen LogP contribution is -2.43. The third kappa shape index (κ3) is 5.08. The third-order valence-corrected chi connectivity index (χ3v) is 5.64. The highest BCUT2D eigenvalue weighted by Gasteiger charge is 2.40. The van der Waals surface area contributed by atoms with Gasteiger partial charge in [0.2, 0.25) is 5.91 Å². The summed E-state index contributed by atoms with van der Waals surface area (Å²) in [6.07, 6.45) is 1.73. The average molecular weight is 417 g/mol. The van der Waals surface area contributed by atoms with Gasteiger partial charge in [0.1, 0.15) is 11.8 Å². The first kappa shape index (κ1) is 21.6. The summed E-state index contributed by atoms with van der Waals surface area (Å²) in [5.74, 6) is 0.0845. The second-order valence-electron chi connectivity index (χ2n) is 7.58. The number of nitrogens with one attached hydrogen (secondary N) is 1. The predicted octanol–water partition coefficient (Wildman–Crippen LogP) is 1.31. The van der Waals surface area contributed by atoms with Gasteiger partial charge >= 0.3 is 12.0 Å². The van der Waals surface area contributed by atoms with Crippen molar-refractivity contribution >= 4 is 23.8 Å². The highest BCUT2D eigenvalue weighted by Crippen LogP contribution is 2.23. The van der Waals surface area contributed by atoms with Crippen LogP contribution in [0.5, 0.6) is 5.75 Å². The molecule has 0 saturated carbocycles. The van der Waals surface area contributed by atoms with Crippen molar-refractivity contribution in [1.82, 2.24) is 15.1 Å². The summed E-state index contributed by atoms with van der Waals surface area (Å²) < 4.78 is 9.80. The average Bonchev–Trinajstić information content (AvgIpc) is 3.02. The van der Waals surface area contributed by atoms with Crippen LogP contribution in [0.3, 0.4) is 0 Å². The topological polar surface area (TPSA) is 105 Å². The molecule has 1 N–H and O–H groups in total. The van der Waals surface area contributed by atoms with Crippen molar-refractivity contribution in [2.45, 2.75) is 38.3 Å². The molecule has 9 nitrogen and oxygen atoms in total. The number of nitrogens with zero attached hydrogens (tertiary/aromatic N) is 2. The summed E-state index contributed by atoms with van der Waals surface area (Å²) in [5.41, 5.74) is 0.791. The van der Waals surface area contributed by atoms with Gasteiger partial charge in [-0.2, -0.15) is 0 Å². The van der Waals surface area contributed by atoms with Gasteiger partial charge in [0.15, 0.2) is 0 Å². The van der Waals surface area contributed by atoms with Crippen molar-refractivity contribution in [2.75, 3.05) is 27.3 Å².